The highest BCUT2D eigenvalue weighted by molar-refractivity contribution is 6.13. The number of fused-ring (bicyclic) bond motifs is 1. The van der Waals surface area contributed by atoms with Crippen LogP contribution < -0.4 is 11.1 Å². The number of nitrogens with two attached hydrogens (primary N) is 1. The number of pyridine rings is 1. The van der Waals surface area contributed by atoms with Crippen molar-refractivity contribution in [1.82, 2.24) is 20.2 Å². The van der Waals surface area contributed by atoms with E-state index in [2.05, 4.69) is 15.4 Å². The van der Waals surface area contributed by atoms with E-state index in [9.17, 15) is 36.3 Å². The first-order valence-corrected chi connectivity index (χ1v) is 13.4. The second-order valence-electron chi connectivity index (χ2n) is 11.1. The lowest BCUT2D eigenvalue weighted by Gasteiger charge is -2.40. The summed E-state index contributed by atoms with van der Waals surface area (Å²) in [7, 11) is 0. The zero-order chi connectivity index (χ0) is 31.6. The van der Waals surface area contributed by atoms with Crippen molar-refractivity contribution in [3.05, 3.63) is 65.5 Å². The Hall–Kier alpha value is -3.98. The number of aromatic nitrogens is 1. The summed E-state index contributed by atoms with van der Waals surface area (Å²) >= 11 is 0. The summed E-state index contributed by atoms with van der Waals surface area (Å²) in [5, 5.41) is 6.90. The number of ether oxygens (including phenoxy) is 1. The van der Waals surface area contributed by atoms with Crippen LogP contribution in [0, 0.1) is 17.0 Å². The first kappa shape index (κ1) is 34.5. The van der Waals surface area contributed by atoms with Gasteiger partial charge in [0.05, 0.1) is 24.5 Å². The van der Waals surface area contributed by atoms with Crippen molar-refractivity contribution in [1.29, 1.82) is 0 Å². The molecule has 2 aliphatic heterocycles. The minimum absolute atomic E-state index is 0. The van der Waals surface area contributed by atoms with Gasteiger partial charge < -0.3 is 20.7 Å². The molecule has 1 aromatic heterocycles. The summed E-state index contributed by atoms with van der Waals surface area (Å²) in [6.45, 7) is 0.0803. The van der Waals surface area contributed by atoms with E-state index in [0.717, 1.165) is 6.07 Å². The van der Waals surface area contributed by atoms with Crippen LogP contribution in [0.5, 0.6) is 0 Å². The third kappa shape index (κ3) is 7.94. The molecule has 2 atom stereocenters. The van der Waals surface area contributed by atoms with E-state index < -0.39 is 65.7 Å². The summed E-state index contributed by atoms with van der Waals surface area (Å²) in [5.74, 6) is -3.97. The number of carbonyl (C=O) groups excluding carboxylic acids is 3. The van der Waals surface area contributed by atoms with Crippen molar-refractivity contribution < 1.29 is 41.1 Å². The Bertz CT molecular complexity index is 1400. The fraction of sp³-hybridized carbons (Fsp3) is 0.483. The number of hydrogen-bond acceptors (Lipinski definition) is 7. The maximum absolute atomic E-state index is 14.1. The molecule has 0 aliphatic carbocycles. The molecule has 2 aliphatic rings. The largest absolute Gasteiger partial charge is 0.408 e. The molecule has 3 heterocycles. The number of benzene rings is 1. The Morgan fingerprint density at radius 3 is 2.52 bits per heavy atom. The Kier molecular flexibility index (Phi) is 10.5. The van der Waals surface area contributed by atoms with Crippen LogP contribution in [0.4, 0.5) is 22.0 Å². The maximum Gasteiger partial charge on any atom is 0.408 e. The van der Waals surface area contributed by atoms with Gasteiger partial charge in [0.25, 0.3) is 5.91 Å². The molecule has 1 saturated heterocycles. The van der Waals surface area contributed by atoms with Crippen LogP contribution in [0.1, 0.15) is 39.0 Å². The van der Waals surface area contributed by atoms with E-state index in [1.54, 1.807) is 18.2 Å². The number of nitrogens with zero attached hydrogens (tertiary/aromatic N) is 4. The Labute approximate surface area is 251 Å². The van der Waals surface area contributed by atoms with Gasteiger partial charge in [0.2, 0.25) is 11.8 Å². The van der Waals surface area contributed by atoms with Gasteiger partial charge in [-0.15, -0.1) is 0 Å². The number of hydrazone groups is 1. The zero-order valence-corrected chi connectivity index (χ0v) is 23.5. The molecule has 1 fully saturated rings. The molecule has 0 radical (unpaired) electrons. The molecule has 2 unspecified atom stereocenters. The quantitative estimate of drug-likeness (QED) is 0.390. The average Bonchev–Trinajstić information content (AvgIpc) is 3.17. The minimum atomic E-state index is -4.71. The number of rotatable bonds is 10. The summed E-state index contributed by atoms with van der Waals surface area (Å²) in [5.41, 5.74) is 3.49. The Morgan fingerprint density at radius 1 is 1.18 bits per heavy atom. The van der Waals surface area contributed by atoms with Crippen LogP contribution in [0.25, 0.3) is 0 Å². The van der Waals surface area contributed by atoms with Crippen molar-refractivity contribution in [2.45, 2.75) is 58.5 Å². The van der Waals surface area contributed by atoms with E-state index in [1.807, 2.05) is 0 Å². The summed E-state index contributed by atoms with van der Waals surface area (Å²) in [4.78, 5) is 45.6. The van der Waals surface area contributed by atoms with Gasteiger partial charge in [-0.25, -0.2) is 13.8 Å². The zero-order valence-electron chi connectivity index (χ0n) is 23.5. The third-order valence-electron chi connectivity index (χ3n) is 7.11. The van der Waals surface area contributed by atoms with Gasteiger partial charge in [-0.2, -0.15) is 18.3 Å². The summed E-state index contributed by atoms with van der Waals surface area (Å²) < 4.78 is 72.7. The van der Waals surface area contributed by atoms with Crippen molar-refractivity contribution in [2.75, 3.05) is 26.2 Å². The monoisotopic (exact) mass is 626 g/mol. The third-order valence-corrected chi connectivity index (χ3v) is 7.11. The lowest BCUT2D eigenvalue weighted by atomic mass is 9.74. The molecular weight excluding hydrogens is 591 g/mol. The number of halogens is 5. The molecule has 0 bridgehead atoms. The number of nitrogens with one attached hydrogen (secondary N) is 1. The second kappa shape index (κ2) is 13.3. The molecule has 15 heteroatoms. The molecule has 10 nitrogen and oxygen atoms in total. The highest BCUT2D eigenvalue weighted by atomic mass is 19.4. The molecule has 0 saturated carbocycles. The SMILES string of the molecule is C.CC(C)(N)C(=O)NC(COCc1ccc(F)cc1F)C(=O)N1CCC2=NN(CC(F)(F)F)C(=O)C2(Cc2ccccn2)C1. The van der Waals surface area contributed by atoms with E-state index in [-0.39, 0.29) is 51.2 Å². The minimum Gasteiger partial charge on any atom is -0.374 e. The molecule has 3 amide bonds. The molecule has 1 aromatic carbocycles. The Balaban J connectivity index is 0.00000529. The molecule has 240 valence electrons. The van der Waals surface area contributed by atoms with Crippen LogP contribution in [0.2, 0.25) is 0 Å². The van der Waals surface area contributed by atoms with Crippen LogP contribution in [0.3, 0.4) is 0 Å². The van der Waals surface area contributed by atoms with Crippen LogP contribution in [0.15, 0.2) is 47.7 Å². The first-order valence-electron chi connectivity index (χ1n) is 13.4. The molecule has 3 N–H and O–H groups in total. The number of likely N-dealkylation sites (tertiary alicyclic amines) is 1. The standard InChI is InChI=1S/C28H31F5N6O4.CH4/c1-26(2,34)24(41)36-21(14-43-13-17-6-7-18(29)11-20(17)30)23(40)38-10-8-22-27(15-38,12-19-5-3-4-9-35-19)25(42)39(37-22)16-28(31,32)33;/h3-7,9,11,21H,8,10,12-16,34H2,1-2H3,(H,36,41);1H4. The molecule has 2 aromatic rings. The average molecular weight is 627 g/mol. The van der Waals surface area contributed by atoms with Gasteiger partial charge in [-0.1, -0.05) is 19.6 Å². The van der Waals surface area contributed by atoms with E-state index in [0.29, 0.717) is 16.8 Å². The maximum atomic E-state index is 14.1. The number of hydrogen-bond donors (Lipinski definition) is 2. The highest BCUT2D eigenvalue weighted by Crippen LogP contribution is 2.39. The second-order valence-corrected chi connectivity index (χ2v) is 11.1. The highest BCUT2D eigenvalue weighted by Gasteiger charge is 2.56. The van der Waals surface area contributed by atoms with E-state index in [1.165, 1.54) is 31.0 Å². The van der Waals surface area contributed by atoms with Gasteiger partial charge in [0, 0.05) is 49.5 Å². The smallest absolute Gasteiger partial charge is 0.374 e. The van der Waals surface area contributed by atoms with E-state index in [4.69, 9.17) is 10.5 Å². The fourth-order valence-electron chi connectivity index (χ4n) is 4.93. The molecule has 4 rings (SSSR count). The fourth-order valence-corrected chi connectivity index (χ4v) is 4.93. The molecule has 44 heavy (non-hydrogen) atoms. The lowest BCUT2D eigenvalue weighted by molar-refractivity contribution is -0.164. The Morgan fingerprint density at radius 2 is 1.91 bits per heavy atom. The van der Waals surface area contributed by atoms with Crippen molar-refractivity contribution in [3.63, 3.8) is 0 Å². The van der Waals surface area contributed by atoms with Crippen LogP contribution >= 0.6 is 0 Å². The number of alkyl halides is 3. The topological polar surface area (TPSA) is 130 Å². The number of carbonyl (C=O) groups is 3. The van der Waals surface area contributed by atoms with Crippen molar-refractivity contribution in [2.24, 2.45) is 16.3 Å². The van der Waals surface area contributed by atoms with Gasteiger partial charge in [-0.05, 0) is 32.0 Å². The number of amides is 3. The lowest BCUT2D eigenvalue weighted by Crippen LogP contribution is -2.62. The molecular formula is C29H35F5N6O4. The van der Waals surface area contributed by atoms with Crippen LogP contribution in [-0.2, 0) is 32.1 Å². The van der Waals surface area contributed by atoms with Crippen LogP contribution in [-0.4, -0.2) is 82.3 Å². The summed E-state index contributed by atoms with van der Waals surface area (Å²) in [6, 6.07) is 6.45. The predicted molar refractivity (Wildman–Crippen MR) is 150 cm³/mol. The van der Waals surface area contributed by atoms with Gasteiger partial charge in [0.15, 0.2) is 0 Å². The van der Waals surface area contributed by atoms with Gasteiger partial charge in [0.1, 0.15) is 29.6 Å². The first-order chi connectivity index (χ1) is 20.1. The molecule has 0 spiro atoms. The van der Waals surface area contributed by atoms with E-state index >= 15 is 0 Å². The van der Waals surface area contributed by atoms with Gasteiger partial charge in [-0.3, -0.25) is 19.4 Å². The number of piperidine rings is 1. The summed E-state index contributed by atoms with van der Waals surface area (Å²) in [6.07, 6.45) is -3.36. The van der Waals surface area contributed by atoms with Crippen molar-refractivity contribution in [3.8, 4) is 0 Å². The van der Waals surface area contributed by atoms with Crippen molar-refractivity contribution >= 4 is 23.4 Å². The predicted octanol–water partition coefficient (Wildman–Crippen LogP) is 2.96. The normalized spacial score (nSPS) is 19.2. The van der Waals surface area contributed by atoms with Gasteiger partial charge >= 0.3 is 6.18 Å².